The Labute approximate surface area is 129 Å². The highest BCUT2D eigenvalue weighted by molar-refractivity contribution is 7.11. The van der Waals surface area contributed by atoms with Crippen molar-refractivity contribution in [2.24, 2.45) is 0 Å². The minimum absolute atomic E-state index is 0.704. The van der Waals surface area contributed by atoms with Crippen molar-refractivity contribution in [3.63, 3.8) is 0 Å². The van der Waals surface area contributed by atoms with Crippen LogP contribution < -0.4 is 14.2 Å². The van der Waals surface area contributed by atoms with Crippen molar-refractivity contribution < 1.29 is 14.2 Å². The number of nitrogens with zero attached hydrogens (tertiary/aromatic N) is 2. The maximum atomic E-state index is 5.31. The van der Waals surface area contributed by atoms with Gasteiger partial charge in [-0.1, -0.05) is 17.3 Å². The van der Waals surface area contributed by atoms with Crippen molar-refractivity contribution >= 4 is 23.5 Å². The summed E-state index contributed by atoms with van der Waals surface area (Å²) in [5, 5.41) is 6.56. The van der Waals surface area contributed by atoms with Crippen LogP contribution in [0, 0.1) is 6.92 Å². The van der Waals surface area contributed by atoms with Crippen LogP contribution in [0.2, 0.25) is 0 Å². The summed E-state index contributed by atoms with van der Waals surface area (Å²) in [5.41, 5.74) is 1.05. The van der Waals surface area contributed by atoms with Gasteiger partial charge in [-0.3, -0.25) is 0 Å². The summed E-state index contributed by atoms with van der Waals surface area (Å²) in [6.45, 7) is 6.46. The van der Waals surface area contributed by atoms with E-state index in [0.717, 1.165) is 27.1 Å². The highest BCUT2D eigenvalue weighted by Crippen LogP contribution is 2.28. The van der Waals surface area contributed by atoms with Gasteiger partial charge in [0.25, 0.3) is 5.01 Å². The molecule has 1 aromatic heterocycles. The third-order valence-electron chi connectivity index (χ3n) is 2.90. The van der Waals surface area contributed by atoms with Gasteiger partial charge >= 0.3 is 0 Å². The standard InChI is InChI=1S/C16H19N2O2S/c1-5-10-18-16(21-12(2)17-18)9-7-13-6-8-14(19-3)15(11-13)20-4/h5-9,11H,1,10H2,2-4H3/q+1/b9-7+. The van der Waals surface area contributed by atoms with E-state index in [1.54, 1.807) is 25.6 Å². The van der Waals surface area contributed by atoms with E-state index in [1.807, 2.05) is 42.0 Å². The van der Waals surface area contributed by atoms with Gasteiger partial charge in [-0.05, 0) is 48.1 Å². The van der Waals surface area contributed by atoms with Gasteiger partial charge in [0.1, 0.15) is 0 Å². The van der Waals surface area contributed by atoms with Crippen molar-refractivity contribution in [3.05, 3.63) is 46.4 Å². The molecule has 21 heavy (non-hydrogen) atoms. The zero-order valence-electron chi connectivity index (χ0n) is 12.5. The number of aryl methyl sites for hydroxylation is 1. The Morgan fingerprint density at radius 2 is 2.00 bits per heavy atom. The van der Waals surface area contributed by atoms with Crippen molar-refractivity contribution in [3.8, 4) is 11.5 Å². The molecule has 2 rings (SSSR count). The zero-order chi connectivity index (χ0) is 15.2. The molecule has 4 nitrogen and oxygen atoms in total. The van der Waals surface area contributed by atoms with Crippen molar-refractivity contribution in [2.45, 2.75) is 13.5 Å². The lowest BCUT2D eigenvalue weighted by Crippen LogP contribution is -2.37. The molecule has 0 fully saturated rings. The molecule has 0 atom stereocenters. The summed E-state index contributed by atoms with van der Waals surface area (Å²) in [5.74, 6) is 1.45. The lowest BCUT2D eigenvalue weighted by atomic mass is 10.2. The summed E-state index contributed by atoms with van der Waals surface area (Å²) in [6.07, 6.45) is 5.93. The van der Waals surface area contributed by atoms with Crippen LogP contribution in [0.25, 0.3) is 12.2 Å². The quantitative estimate of drug-likeness (QED) is 0.607. The molecule has 0 saturated carbocycles. The first-order valence-corrected chi connectivity index (χ1v) is 7.38. The minimum Gasteiger partial charge on any atom is -0.493 e. The second-order valence-corrected chi connectivity index (χ2v) is 5.59. The first-order valence-electron chi connectivity index (χ1n) is 6.56. The fourth-order valence-corrected chi connectivity index (χ4v) is 2.74. The number of hydrogen-bond donors (Lipinski definition) is 0. The Balaban J connectivity index is 2.27. The number of hydrogen-bond acceptors (Lipinski definition) is 4. The molecule has 5 heteroatoms. The third kappa shape index (κ3) is 3.70. The predicted molar refractivity (Wildman–Crippen MR) is 85.7 cm³/mol. The molecule has 0 aliphatic heterocycles. The molecule has 110 valence electrons. The van der Waals surface area contributed by atoms with E-state index in [2.05, 4.69) is 17.8 Å². The summed E-state index contributed by atoms with van der Waals surface area (Å²) < 4.78 is 12.5. The molecular formula is C16H19N2O2S+. The number of ether oxygens (including phenoxy) is 2. The molecule has 0 aliphatic carbocycles. The normalized spacial score (nSPS) is 10.8. The Bertz CT molecular complexity index is 662. The molecule has 0 amide bonds. The van der Waals surface area contributed by atoms with E-state index in [0.29, 0.717) is 6.54 Å². The minimum atomic E-state index is 0.704. The molecule has 0 aliphatic rings. The molecule has 1 aromatic carbocycles. The summed E-state index contributed by atoms with van der Waals surface area (Å²) in [7, 11) is 3.27. The van der Waals surface area contributed by atoms with Crippen LogP contribution in [-0.2, 0) is 6.54 Å². The van der Waals surface area contributed by atoms with Gasteiger partial charge in [0.15, 0.2) is 23.1 Å². The van der Waals surface area contributed by atoms with E-state index in [-0.39, 0.29) is 0 Å². The van der Waals surface area contributed by atoms with Crippen LogP contribution in [0.3, 0.4) is 0 Å². The van der Waals surface area contributed by atoms with Crippen LogP contribution >= 0.6 is 11.3 Å². The zero-order valence-corrected chi connectivity index (χ0v) is 13.3. The fraction of sp³-hybridized carbons (Fsp3) is 0.250. The average Bonchev–Trinajstić information content (AvgIpc) is 2.85. The van der Waals surface area contributed by atoms with Crippen molar-refractivity contribution in [2.75, 3.05) is 14.2 Å². The van der Waals surface area contributed by atoms with Crippen LogP contribution in [0.5, 0.6) is 11.5 Å². The molecule has 0 radical (unpaired) electrons. The molecule has 2 aromatic rings. The Hall–Kier alpha value is -2.14. The lowest BCUT2D eigenvalue weighted by Gasteiger charge is -2.07. The number of aromatic nitrogens is 2. The number of rotatable bonds is 6. The maximum absolute atomic E-state index is 5.31. The number of allylic oxidation sites excluding steroid dienone is 1. The first-order chi connectivity index (χ1) is 10.2. The average molecular weight is 303 g/mol. The first kappa shape index (κ1) is 15.3. The van der Waals surface area contributed by atoms with E-state index in [4.69, 9.17) is 9.47 Å². The van der Waals surface area contributed by atoms with Gasteiger partial charge in [0.2, 0.25) is 0 Å². The van der Waals surface area contributed by atoms with Gasteiger partial charge in [-0.15, -0.1) is 0 Å². The topological polar surface area (TPSA) is 35.2 Å². The molecule has 0 bridgehead atoms. The van der Waals surface area contributed by atoms with Crippen LogP contribution in [0.4, 0.5) is 0 Å². The number of methoxy groups -OCH3 is 2. The summed E-state index contributed by atoms with van der Waals surface area (Å²) in [4.78, 5) is 0. The molecule has 0 N–H and O–H groups in total. The lowest BCUT2D eigenvalue weighted by molar-refractivity contribution is -0.741. The van der Waals surface area contributed by atoms with Crippen molar-refractivity contribution in [1.82, 2.24) is 5.10 Å². The molecule has 0 spiro atoms. The van der Waals surface area contributed by atoms with E-state index in [9.17, 15) is 0 Å². The largest absolute Gasteiger partial charge is 0.493 e. The highest BCUT2D eigenvalue weighted by atomic mass is 32.1. The molecule has 0 unspecified atom stereocenters. The van der Waals surface area contributed by atoms with Crippen LogP contribution in [-0.4, -0.2) is 19.3 Å². The van der Waals surface area contributed by atoms with Crippen LogP contribution in [0.1, 0.15) is 15.6 Å². The Morgan fingerprint density at radius 1 is 1.24 bits per heavy atom. The second-order valence-electron chi connectivity index (χ2n) is 4.38. The van der Waals surface area contributed by atoms with Crippen molar-refractivity contribution in [1.29, 1.82) is 0 Å². The van der Waals surface area contributed by atoms with Gasteiger partial charge in [-0.25, -0.2) is 0 Å². The van der Waals surface area contributed by atoms with E-state index >= 15 is 0 Å². The van der Waals surface area contributed by atoms with Gasteiger partial charge in [-0.2, -0.15) is 0 Å². The van der Waals surface area contributed by atoms with Crippen LogP contribution in [0.15, 0.2) is 30.9 Å². The van der Waals surface area contributed by atoms with Gasteiger partial charge in [0, 0.05) is 11.2 Å². The molecule has 0 saturated heterocycles. The maximum Gasteiger partial charge on any atom is 0.289 e. The second kappa shape index (κ2) is 7.04. The van der Waals surface area contributed by atoms with Gasteiger partial charge in [0.05, 0.1) is 14.2 Å². The molecule has 1 heterocycles. The monoisotopic (exact) mass is 303 g/mol. The third-order valence-corrected chi connectivity index (χ3v) is 3.83. The number of benzene rings is 1. The van der Waals surface area contributed by atoms with E-state index in [1.165, 1.54) is 0 Å². The Kier molecular flexibility index (Phi) is 5.11. The smallest absolute Gasteiger partial charge is 0.289 e. The highest BCUT2D eigenvalue weighted by Gasteiger charge is 2.13. The summed E-state index contributed by atoms with van der Waals surface area (Å²) >= 11 is 1.65. The van der Waals surface area contributed by atoms with Gasteiger partial charge < -0.3 is 9.47 Å². The Morgan fingerprint density at radius 3 is 2.67 bits per heavy atom. The predicted octanol–water partition coefficient (Wildman–Crippen LogP) is 3.11. The SMILES string of the molecule is C=CC[n+]1nc(C)sc1/C=C/c1ccc(OC)c(OC)c1. The molecular weight excluding hydrogens is 284 g/mol. The summed E-state index contributed by atoms with van der Waals surface area (Å²) in [6, 6.07) is 5.83. The van der Waals surface area contributed by atoms with E-state index < -0.39 is 0 Å². The fourth-order valence-electron chi connectivity index (χ4n) is 1.94.